The van der Waals surface area contributed by atoms with Gasteiger partial charge in [-0.1, -0.05) is 42.2 Å². The van der Waals surface area contributed by atoms with E-state index < -0.39 is 6.09 Å². The standard InChI is InChI=1S/C19H18N2O3/c1-20-18(22)17-11-9-15(10-12-17)8-5-13-21-19(23)24-14-16-6-3-2-4-7-16/h2-4,6-7,9-12H,13-14H2,1H3,(H,20,22)(H,21,23). The van der Waals surface area contributed by atoms with Crippen molar-refractivity contribution in [3.8, 4) is 11.8 Å². The van der Waals surface area contributed by atoms with E-state index >= 15 is 0 Å². The van der Waals surface area contributed by atoms with Crippen LogP contribution < -0.4 is 10.6 Å². The molecule has 0 spiro atoms. The van der Waals surface area contributed by atoms with Gasteiger partial charge in [0.25, 0.3) is 5.91 Å². The summed E-state index contributed by atoms with van der Waals surface area (Å²) in [6.45, 7) is 0.409. The Labute approximate surface area is 141 Å². The van der Waals surface area contributed by atoms with Crippen molar-refractivity contribution in [2.45, 2.75) is 6.61 Å². The topological polar surface area (TPSA) is 67.4 Å². The second-order valence-electron chi connectivity index (χ2n) is 4.87. The van der Waals surface area contributed by atoms with E-state index in [1.165, 1.54) is 0 Å². The lowest BCUT2D eigenvalue weighted by molar-refractivity contribution is 0.0963. The molecule has 5 heteroatoms. The quantitative estimate of drug-likeness (QED) is 0.849. The monoisotopic (exact) mass is 322 g/mol. The minimum Gasteiger partial charge on any atom is -0.445 e. The van der Waals surface area contributed by atoms with E-state index in [4.69, 9.17) is 4.74 Å². The third-order valence-electron chi connectivity index (χ3n) is 3.14. The van der Waals surface area contributed by atoms with Crippen molar-refractivity contribution < 1.29 is 14.3 Å². The van der Waals surface area contributed by atoms with Crippen LogP contribution in [0.5, 0.6) is 0 Å². The van der Waals surface area contributed by atoms with Crippen LogP contribution in [0.3, 0.4) is 0 Å². The molecule has 0 unspecified atom stereocenters. The van der Waals surface area contributed by atoms with Crippen LogP contribution >= 0.6 is 0 Å². The van der Waals surface area contributed by atoms with E-state index in [1.807, 2.05) is 30.3 Å². The van der Waals surface area contributed by atoms with E-state index in [2.05, 4.69) is 22.5 Å². The van der Waals surface area contributed by atoms with Crippen LogP contribution in [0, 0.1) is 11.8 Å². The highest BCUT2D eigenvalue weighted by atomic mass is 16.5. The number of rotatable bonds is 4. The number of hydrogen-bond acceptors (Lipinski definition) is 3. The van der Waals surface area contributed by atoms with Gasteiger partial charge >= 0.3 is 6.09 Å². The maximum atomic E-state index is 11.5. The normalized spacial score (nSPS) is 9.38. The van der Waals surface area contributed by atoms with Gasteiger partial charge in [0.05, 0.1) is 6.54 Å². The van der Waals surface area contributed by atoms with Crippen LogP contribution in [0.4, 0.5) is 4.79 Å². The average molecular weight is 322 g/mol. The average Bonchev–Trinajstić information content (AvgIpc) is 2.64. The molecule has 5 nitrogen and oxygen atoms in total. The second kappa shape index (κ2) is 9.01. The third-order valence-corrected chi connectivity index (χ3v) is 3.14. The Morgan fingerprint density at radius 1 is 1.04 bits per heavy atom. The molecule has 0 aliphatic rings. The lowest BCUT2D eigenvalue weighted by Gasteiger charge is -2.04. The van der Waals surface area contributed by atoms with Gasteiger partial charge in [0.2, 0.25) is 0 Å². The van der Waals surface area contributed by atoms with Crippen LogP contribution in [0.15, 0.2) is 54.6 Å². The molecular formula is C19H18N2O3. The first-order valence-corrected chi connectivity index (χ1v) is 7.44. The second-order valence-corrected chi connectivity index (χ2v) is 4.87. The molecule has 0 aliphatic carbocycles. The molecule has 122 valence electrons. The van der Waals surface area contributed by atoms with E-state index in [-0.39, 0.29) is 19.1 Å². The zero-order valence-electron chi connectivity index (χ0n) is 13.3. The van der Waals surface area contributed by atoms with Crippen LogP contribution in [-0.4, -0.2) is 25.6 Å². The van der Waals surface area contributed by atoms with Crippen molar-refractivity contribution in [2.75, 3.05) is 13.6 Å². The molecule has 0 fully saturated rings. The number of benzene rings is 2. The number of alkyl carbamates (subject to hydrolysis) is 1. The van der Waals surface area contributed by atoms with Gasteiger partial charge in [-0.25, -0.2) is 4.79 Å². The summed E-state index contributed by atoms with van der Waals surface area (Å²) in [7, 11) is 1.58. The Bertz CT molecular complexity index is 744. The van der Waals surface area contributed by atoms with Crippen molar-refractivity contribution in [3.05, 3.63) is 71.3 Å². The minimum absolute atomic E-state index is 0.141. The SMILES string of the molecule is CNC(=O)c1ccc(C#CCNC(=O)OCc2ccccc2)cc1. The summed E-state index contributed by atoms with van der Waals surface area (Å²) in [5.41, 5.74) is 2.27. The number of carbonyl (C=O) groups is 2. The Morgan fingerprint density at radius 3 is 2.42 bits per heavy atom. The van der Waals surface area contributed by atoms with Crippen molar-refractivity contribution in [2.24, 2.45) is 0 Å². The molecule has 2 rings (SSSR count). The number of nitrogens with one attached hydrogen (secondary N) is 2. The fraction of sp³-hybridized carbons (Fsp3) is 0.158. The molecule has 2 aromatic rings. The first kappa shape index (κ1) is 17.1. The van der Waals surface area contributed by atoms with E-state index in [1.54, 1.807) is 31.3 Å². The fourth-order valence-electron chi connectivity index (χ4n) is 1.89. The molecule has 0 heterocycles. The first-order chi connectivity index (χ1) is 11.7. The van der Waals surface area contributed by atoms with Crippen molar-refractivity contribution >= 4 is 12.0 Å². The van der Waals surface area contributed by atoms with Crippen LogP contribution in [0.1, 0.15) is 21.5 Å². The number of amides is 2. The van der Waals surface area contributed by atoms with Crippen LogP contribution in [0.2, 0.25) is 0 Å². The zero-order chi connectivity index (χ0) is 17.2. The van der Waals surface area contributed by atoms with Gasteiger partial charge in [-0.05, 0) is 29.8 Å². The molecule has 0 saturated carbocycles. The van der Waals surface area contributed by atoms with E-state index in [0.29, 0.717) is 5.56 Å². The Kier molecular flexibility index (Phi) is 6.42. The molecule has 2 aromatic carbocycles. The Hall–Kier alpha value is -3.26. The molecule has 0 radical (unpaired) electrons. The van der Waals surface area contributed by atoms with Gasteiger partial charge < -0.3 is 15.4 Å². The summed E-state index contributed by atoms with van der Waals surface area (Å²) in [4.78, 5) is 23.0. The van der Waals surface area contributed by atoms with Gasteiger partial charge in [0.1, 0.15) is 6.61 Å². The molecule has 0 bridgehead atoms. The van der Waals surface area contributed by atoms with Gasteiger partial charge in [0.15, 0.2) is 0 Å². The first-order valence-electron chi connectivity index (χ1n) is 7.44. The molecule has 0 saturated heterocycles. The molecule has 0 aromatic heterocycles. The number of hydrogen-bond donors (Lipinski definition) is 2. The smallest absolute Gasteiger partial charge is 0.408 e. The highest BCUT2D eigenvalue weighted by Gasteiger charge is 2.01. The van der Waals surface area contributed by atoms with E-state index in [9.17, 15) is 9.59 Å². The maximum absolute atomic E-state index is 11.5. The Balaban J connectivity index is 1.75. The predicted molar refractivity (Wildman–Crippen MR) is 91.3 cm³/mol. The van der Waals surface area contributed by atoms with Crippen LogP contribution in [0.25, 0.3) is 0 Å². The van der Waals surface area contributed by atoms with Gasteiger partial charge in [-0.2, -0.15) is 0 Å². The van der Waals surface area contributed by atoms with Crippen molar-refractivity contribution in [3.63, 3.8) is 0 Å². The molecule has 24 heavy (non-hydrogen) atoms. The Morgan fingerprint density at radius 2 is 1.75 bits per heavy atom. The van der Waals surface area contributed by atoms with Crippen LogP contribution in [-0.2, 0) is 11.3 Å². The fourth-order valence-corrected chi connectivity index (χ4v) is 1.89. The summed E-state index contributed by atoms with van der Waals surface area (Å²) in [6, 6.07) is 16.4. The van der Waals surface area contributed by atoms with Crippen molar-refractivity contribution in [1.29, 1.82) is 0 Å². The minimum atomic E-state index is -0.511. The molecular weight excluding hydrogens is 304 g/mol. The largest absolute Gasteiger partial charge is 0.445 e. The summed E-state index contributed by atoms with van der Waals surface area (Å²) in [5, 5.41) is 5.12. The highest BCUT2D eigenvalue weighted by Crippen LogP contribution is 2.03. The summed E-state index contributed by atoms with van der Waals surface area (Å²) < 4.78 is 5.07. The lowest BCUT2D eigenvalue weighted by Crippen LogP contribution is -2.24. The lowest BCUT2D eigenvalue weighted by atomic mass is 10.1. The molecule has 0 aliphatic heterocycles. The van der Waals surface area contributed by atoms with E-state index in [0.717, 1.165) is 11.1 Å². The number of ether oxygens (including phenoxy) is 1. The zero-order valence-corrected chi connectivity index (χ0v) is 13.3. The van der Waals surface area contributed by atoms with Gasteiger partial charge in [-0.3, -0.25) is 4.79 Å². The third kappa shape index (κ3) is 5.50. The number of carbonyl (C=O) groups excluding carboxylic acids is 2. The highest BCUT2D eigenvalue weighted by molar-refractivity contribution is 5.94. The van der Waals surface area contributed by atoms with Crippen molar-refractivity contribution in [1.82, 2.24) is 10.6 Å². The summed E-state index contributed by atoms with van der Waals surface area (Å²) >= 11 is 0. The molecule has 0 atom stereocenters. The molecule has 2 N–H and O–H groups in total. The molecule has 2 amide bonds. The summed E-state index contributed by atoms with van der Waals surface area (Å²) in [6.07, 6.45) is -0.511. The van der Waals surface area contributed by atoms with Gasteiger partial charge in [0, 0.05) is 18.2 Å². The van der Waals surface area contributed by atoms with Gasteiger partial charge in [-0.15, -0.1) is 0 Å². The maximum Gasteiger partial charge on any atom is 0.408 e. The summed E-state index contributed by atoms with van der Waals surface area (Å²) in [5.74, 6) is 5.60. The predicted octanol–water partition coefficient (Wildman–Crippen LogP) is 2.32.